The van der Waals surface area contributed by atoms with Crippen LogP contribution in [0.15, 0.2) is 23.2 Å². The maximum atomic E-state index is 5.59. The van der Waals surface area contributed by atoms with E-state index in [1.54, 1.807) is 0 Å². The summed E-state index contributed by atoms with van der Waals surface area (Å²) in [5.41, 5.74) is 2.10. The van der Waals surface area contributed by atoms with Crippen LogP contribution in [0.4, 0.5) is 0 Å². The van der Waals surface area contributed by atoms with Gasteiger partial charge in [0.25, 0.3) is 0 Å². The van der Waals surface area contributed by atoms with Gasteiger partial charge in [0.1, 0.15) is 12.3 Å². The lowest BCUT2D eigenvalue weighted by Crippen LogP contribution is -2.05. The molecular formula is C13H16N2O. The minimum atomic E-state index is 0.321. The maximum Gasteiger partial charge on any atom is 0.235 e. The Morgan fingerprint density at radius 1 is 1.38 bits per heavy atom. The summed E-state index contributed by atoms with van der Waals surface area (Å²) in [5, 5.41) is 0. The first kappa shape index (κ1) is 9.82. The van der Waals surface area contributed by atoms with Crippen LogP contribution in [0, 0.1) is 0 Å². The van der Waals surface area contributed by atoms with Gasteiger partial charge < -0.3 is 4.74 Å². The molecule has 1 aliphatic heterocycles. The molecule has 0 unspecified atom stereocenters. The molecule has 1 saturated carbocycles. The highest BCUT2D eigenvalue weighted by molar-refractivity contribution is 5.93. The van der Waals surface area contributed by atoms with Gasteiger partial charge in [0, 0.05) is 11.6 Å². The highest BCUT2D eigenvalue weighted by atomic mass is 16.5. The van der Waals surface area contributed by atoms with Gasteiger partial charge in [0.15, 0.2) is 0 Å². The van der Waals surface area contributed by atoms with Gasteiger partial charge in [-0.3, -0.25) is 0 Å². The van der Waals surface area contributed by atoms with Gasteiger partial charge in [0.2, 0.25) is 5.90 Å². The minimum absolute atomic E-state index is 0.321. The number of aliphatic imine (C=N–C) groups is 1. The molecule has 3 heteroatoms. The fourth-order valence-corrected chi connectivity index (χ4v) is 1.94. The molecule has 0 spiro atoms. The standard InChI is InChI=1S/C13H16N2O/c1-2-10-8-16-13(14-10)12-5-3-4-11(15-12)9-6-7-9/h3-5,9-10H,2,6-8H2,1H3/t10-/m1/s1. The molecule has 3 nitrogen and oxygen atoms in total. The van der Waals surface area contributed by atoms with Gasteiger partial charge >= 0.3 is 0 Å². The van der Waals surface area contributed by atoms with Crippen LogP contribution in [0.3, 0.4) is 0 Å². The largest absolute Gasteiger partial charge is 0.474 e. The molecule has 2 heterocycles. The Morgan fingerprint density at radius 3 is 2.94 bits per heavy atom. The van der Waals surface area contributed by atoms with Gasteiger partial charge in [0.05, 0.1) is 6.04 Å². The molecule has 0 N–H and O–H groups in total. The molecule has 0 aromatic carbocycles. The summed E-state index contributed by atoms with van der Waals surface area (Å²) < 4.78 is 5.59. The molecule has 3 rings (SSSR count). The third-order valence-corrected chi connectivity index (χ3v) is 3.17. The van der Waals surface area contributed by atoms with E-state index in [1.807, 2.05) is 6.07 Å². The van der Waals surface area contributed by atoms with Crippen LogP contribution in [-0.4, -0.2) is 23.5 Å². The van der Waals surface area contributed by atoms with Crippen molar-refractivity contribution in [1.82, 2.24) is 4.98 Å². The predicted octanol–water partition coefficient (Wildman–Crippen LogP) is 2.51. The van der Waals surface area contributed by atoms with Gasteiger partial charge in [-0.25, -0.2) is 9.98 Å². The van der Waals surface area contributed by atoms with E-state index in [0.29, 0.717) is 18.6 Å². The number of pyridine rings is 1. The summed E-state index contributed by atoms with van der Waals surface area (Å²) in [4.78, 5) is 9.16. The van der Waals surface area contributed by atoms with E-state index in [-0.39, 0.29) is 0 Å². The fraction of sp³-hybridized carbons (Fsp3) is 0.538. The van der Waals surface area contributed by atoms with E-state index in [9.17, 15) is 0 Å². The fourth-order valence-electron chi connectivity index (χ4n) is 1.94. The van der Waals surface area contributed by atoms with Crippen molar-refractivity contribution in [2.45, 2.75) is 38.1 Å². The first-order chi connectivity index (χ1) is 7.86. The van der Waals surface area contributed by atoms with Crippen LogP contribution in [0.5, 0.6) is 0 Å². The Labute approximate surface area is 95.6 Å². The second-order valence-corrected chi connectivity index (χ2v) is 4.53. The van der Waals surface area contributed by atoms with Crippen LogP contribution in [0.25, 0.3) is 0 Å². The van der Waals surface area contributed by atoms with Crippen molar-refractivity contribution in [3.05, 3.63) is 29.6 Å². The van der Waals surface area contributed by atoms with Crippen molar-refractivity contribution >= 4 is 5.90 Å². The van der Waals surface area contributed by atoms with Crippen molar-refractivity contribution in [3.8, 4) is 0 Å². The number of hydrogen-bond acceptors (Lipinski definition) is 3. The van der Waals surface area contributed by atoms with Crippen LogP contribution >= 0.6 is 0 Å². The molecule has 1 atom stereocenters. The van der Waals surface area contributed by atoms with E-state index in [2.05, 4.69) is 29.0 Å². The van der Waals surface area contributed by atoms with E-state index in [1.165, 1.54) is 18.5 Å². The van der Waals surface area contributed by atoms with Crippen LogP contribution in [-0.2, 0) is 4.74 Å². The van der Waals surface area contributed by atoms with Gasteiger partial charge in [-0.1, -0.05) is 13.0 Å². The molecule has 1 aromatic rings. The second kappa shape index (κ2) is 3.89. The molecule has 1 fully saturated rings. The average Bonchev–Trinajstić information content (AvgIpc) is 3.07. The Kier molecular flexibility index (Phi) is 2.39. The summed E-state index contributed by atoms with van der Waals surface area (Å²) in [7, 11) is 0. The zero-order valence-corrected chi connectivity index (χ0v) is 9.52. The summed E-state index contributed by atoms with van der Waals surface area (Å²) >= 11 is 0. The van der Waals surface area contributed by atoms with Crippen molar-refractivity contribution in [1.29, 1.82) is 0 Å². The first-order valence-electron chi connectivity index (χ1n) is 6.04. The Bertz CT molecular complexity index is 424. The molecule has 0 radical (unpaired) electrons. The normalized spacial score (nSPS) is 24.1. The average molecular weight is 216 g/mol. The number of nitrogens with zero attached hydrogens (tertiary/aromatic N) is 2. The smallest absolute Gasteiger partial charge is 0.235 e. The molecule has 2 aliphatic rings. The van der Waals surface area contributed by atoms with Crippen molar-refractivity contribution < 1.29 is 4.74 Å². The number of aromatic nitrogens is 1. The number of rotatable bonds is 3. The monoisotopic (exact) mass is 216 g/mol. The third-order valence-electron chi connectivity index (χ3n) is 3.17. The quantitative estimate of drug-likeness (QED) is 0.778. The number of hydrogen-bond donors (Lipinski definition) is 0. The predicted molar refractivity (Wildman–Crippen MR) is 62.8 cm³/mol. The van der Waals surface area contributed by atoms with Crippen molar-refractivity contribution in [2.24, 2.45) is 4.99 Å². The topological polar surface area (TPSA) is 34.5 Å². The lowest BCUT2D eigenvalue weighted by molar-refractivity contribution is 0.314. The Balaban J connectivity index is 1.86. The molecule has 0 saturated heterocycles. The van der Waals surface area contributed by atoms with E-state index < -0.39 is 0 Å². The molecular weight excluding hydrogens is 200 g/mol. The van der Waals surface area contributed by atoms with E-state index in [4.69, 9.17) is 4.74 Å². The van der Waals surface area contributed by atoms with Gasteiger partial charge in [-0.15, -0.1) is 0 Å². The van der Waals surface area contributed by atoms with Crippen molar-refractivity contribution in [3.63, 3.8) is 0 Å². The SMILES string of the molecule is CC[C@@H]1COC(c2cccc(C3CC3)n2)=N1. The maximum absolute atomic E-state index is 5.59. The summed E-state index contributed by atoms with van der Waals surface area (Å²) in [6.07, 6.45) is 3.59. The van der Waals surface area contributed by atoms with Crippen molar-refractivity contribution in [2.75, 3.05) is 6.61 Å². The Morgan fingerprint density at radius 2 is 2.25 bits per heavy atom. The number of ether oxygens (including phenoxy) is 1. The second-order valence-electron chi connectivity index (χ2n) is 4.53. The molecule has 1 aromatic heterocycles. The van der Waals surface area contributed by atoms with Gasteiger partial charge in [-0.2, -0.15) is 0 Å². The minimum Gasteiger partial charge on any atom is -0.474 e. The zero-order chi connectivity index (χ0) is 11.0. The molecule has 0 amide bonds. The van der Waals surface area contributed by atoms with Crippen LogP contribution in [0.2, 0.25) is 0 Å². The first-order valence-corrected chi connectivity index (χ1v) is 6.04. The molecule has 0 bridgehead atoms. The highest BCUT2D eigenvalue weighted by Gasteiger charge is 2.26. The van der Waals surface area contributed by atoms with E-state index >= 15 is 0 Å². The Hall–Kier alpha value is -1.38. The molecule has 84 valence electrons. The lowest BCUT2D eigenvalue weighted by Gasteiger charge is -2.02. The molecule has 16 heavy (non-hydrogen) atoms. The third kappa shape index (κ3) is 1.82. The lowest BCUT2D eigenvalue weighted by atomic mass is 10.2. The summed E-state index contributed by atoms with van der Waals surface area (Å²) in [6, 6.07) is 6.47. The van der Waals surface area contributed by atoms with E-state index in [0.717, 1.165) is 18.0 Å². The van der Waals surface area contributed by atoms with Crippen LogP contribution < -0.4 is 0 Å². The van der Waals surface area contributed by atoms with Gasteiger partial charge in [-0.05, 0) is 31.4 Å². The summed E-state index contributed by atoms with van der Waals surface area (Å²) in [6.45, 7) is 2.84. The summed E-state index contributed by atoms with van der Waals surface area (Å²) in [5.74, 6) is 1.42. The van der Waals surface area contributed by atoms with Crippen LogP contribution in [0.1, 0.15) is 43.5 Å². The molecule has 1 aliphatic carbocycles. The zero-order valence-electron chi connectivity index (χ0n) is 9.52. The highest BCUT2D eigenvalue weighted by Crippen LogP contribution is 2.38.